The summed E-state index contributed by atoms with van der Waals surface area (Å²) in [7, 11) is 0. The maximum Gasteiger partial charge on any atom is 0.332 e. The maximum absolute atomic E-state index is 14.5. The molecular formula is C38H45ClN2O7. The van der Waals surface area contributed by atoms with Crippen molar-refractivity contribution in [2.45, 2.75) is 108 Å². The van der Waals surface area contributed by atoms with Crippen molar-refractivity contribution in [3.05, 3.63) is 70.8 Å². The summed E-state index contributed by atoms with van der Waals surface area (Å²) in [5, 5.41) is 3.59. The number of carbonyl (C=O) groups excluding carboxylic acids is 4. The van der Waals surface area contributed by atoms with Gasteiger partial charge >= 0.3 is 11.9 Å². The molecule has 2 fully saturated rings. The highest BCUT2D eigenvalue weighted by Crippen LogP contribution is 2.46. The Morgan fingerprint density at radius 1 is 0.979 bits per heavy atom. The monoisotopic (exact) mass is 676 g/mol. The number of rotatable bonds is 7. The van der Waals surface area contributed by atoms with E-state index >= 15 is 0 Å². The van der Waals surface area contributed by atoms with E-state index in [4.69, 9.17) is 25.8 Å². The first-order valence-electron chi connectivity index (χ1n) is 17.5. The van der Waals surface area contributed by atoms with Gasteiger partial charge in [-0.3, -0.25) is 14.4 Å². The second-order valence-corrected chi connectivity index (χ2v) is 14.0. The summed E-state index contributed by atoms with van der Waals surface area (Å²) in [6.07, 6.45) is 12.4. The van der Waals surface area contributed by atoms with Gasteiger partial charge in [0.2, 0.25) is 11.8 Å². The SMILES string of the molecule is CCOC(=O)[C@@]12C[C@H]1/C=C\CCCCC[C@H](CC(=O)OC1CCCC1)C(=O)N1Cc3ccc(Oc4cccc(Cl)c4)cc3CC1C(=O)N2. The lowest BCUT2D eigenvalue weighted by atomic mass is 9.89. The predicted octanol–water partition coefficient (Wildman–Crippen LogP) is 6.84. The molecule has 0 spiro atoms. The molecule has 9 nitrogen and oxygen atoms in total. The molecule has 2 saturated carbocycles. The quantitative estimate of drug-likeness (QED) is 0.253. The Balaban J connectivity index is 1.30. The third-order valence-corrected chi connectivity index (χ3v) is 10.3. The Morgan fingerprint density at radius 3 is 2.56 bits per heavy atom. The lowest BCUT2D eigenvalue weighted by Gasteiger charge is -2.38. The Morgan fingerprint density at radius 2 is 1.77 bits per heavy atom. The van der Waals surface area contributed by atoms with Crippen LogP contribution < -0.4 is 10.1 Å². The third kappa shape index (κ3) is 7.88. The zero-order valence-electron chi connectivity index (χ0n) is 27.6. The fourth-order valence-corrected chi connectivity index (χ4v) is 7.53. The number of nitrogens with zero attached hydrogens (tertiary/aromatic N) is 1. The van der Waals surface area contributed by atoms with Gasteiger partial charge in [-0.1, -0.05) is 48.7 Å². The predicted molar refractivity (Wildman–Crippen MR) is 180 cm³/mol. The van der Waals surface area contributed by atoms with E-state index in [-0.39, 0.29) is 49.9 Å². The summed E-state index contributed by atoms with van der Waals surface area (Å²) in [5.41, 5.74) is 0.593. The molecule has 2 heterocycles. The topological polar surface area (TPSA) is 111 Å². The number of hydrogen-bond donors (Lipinski definition) is 1. The van der Waals surface area contributed by atoms with Crippen molar-refractivity contribution in [2.75, 3.05) is 6.61 Å². The molecule has 4 aliphatic rings. The summed E-state index contributed by atoms with van der Waals surface area (Å²) >= 11 is 6.16. The summed E-state index contributed by atoms with van der Waals surface area (Å²) in [6, 6.07) is 11.9. The van der Waals surface area contributed by atoms with Gasteiger partial charge in [-0.2, -0.15) is 0 Å². The van der Waals surface area contributed by atoms with E-state index in [1.165, 1.54) is 0 Å². The van der Waals surface area contributed by atoms with E-state index in [0.29, 0.717) is 29.4 Å². The summed E-state index contributed by atoms with van der Waals surface area (Å²) in [5.74, 6) is -1.11. The molecule has 6 rings (SSSR count). The van der Waals surface area contributed by atoms with E-state index in [2.05, 4.69) is 11.4 Å². The van der Waals surface area contributed by atoms with Gasteiger partial charge in [-0.05, 0) is 99.7 Å². The van der Waals surface area contributed by atoms with Crippen LogP contribution in [0.1, 0.15) is 88.7 Å². The van der Waals surface area contributed by atoms with Gasteiger partial charge in [0.15, 0.2) is 0 Å². The van der Waals surface area contributed by atoms with E-state index in [0.717, 1.165) is 62.5 Å². The van der Waals surface area contributed by atoms with E-state index in [1.54, 1.807) is 30.0 Å². The number of benzene rings is 2. The normalized spacial score (nSPS) is 26.9. The van der Waals surface area contributed by atoms with Crippen LogP contribution in [0, 0.1) is 11.8 Å². The second kappa shape index (κ2) is 15.1. The van der Waals surface area contributed by atoms with Crippen LogP contribution in [0.15, 0.2) is 54.6 Å². The molecule has 0 aromatic heterocycles. The van der Waals surface area contributed by atoms with Crippen molar-refractivity contribution in [3.63, 3.8) is 0 Å². The van der Waals surface area contributed by atoms with Gasteiger partial charge in [-0.25, -0.2) is 4.79 Å². The fraction of sp³-hybridized carbons (Fsp3) is 0.526. The zero-order chi connectivity index (χ0) is 33.7. The minimum Gasteiger partial charge on any atom is -0.464 e. The standard InChI is InChI=1S/C38H45ClN2O7/c1-2-46-37(45)38-23-28(38)12-7-5-3-4-6-11-25(21-34(42)48-30-14-8-9-15-30)36(44)41-24-26-17-18-32(47-31-16-10-13-29(39)22-31)19-27(26)20-33(41)35(43)40-38/h7,10,12-13,16-19,22,25,28,30,33H,2-6,8-9,11,14-15,20-21,23-24H2,1H3,(H,40,43)/b12-7-/t25-,28-,33?,38-/m1/s1. The van der Waals surface area contributed by atoms with Crippen LogP contribution in [0.25, 0.3) is 0 Å². The highest BCUT2D eigenvalue weighted by Gasteiger charge is 2.62. The maximum atomic E-state index is 14.5. The first-order valence-corrected chi connectivity index (χ1v) is 17.8. The second-order valence-electron chi connectivity index (χ2n) is 13.5. The summed E-state index contributed by atoms with van der Waals surface area (Å²) in [4.78, 5) is 56.8. The van der Waals surface area contributed by atoms with Crippen LogP contribution >= 0.6 is 11.6 Å². The van der Waals surface area contributed by atoms with Crippen molar-refractivity contribution in [1.82, 2.24) is 10.2 Å². The molecule has 2 aromatic carbocycles. The molecule has 2 amide bonds. The molecule has 10 heteroatoms. The molecule has 2 aromatic rings. The Kier molecular flexibility index (Phi) is 10.7. The van der Waals surface area contributed by atoms with Gasteiger partial charge < -0.3 is 24.4 Å². The van der Waals surface area contributed by atoms with Crippen LogP contribution in [0.3, 0.4) is 0 Å². The molecule has 0 bridgehead atoms. The average molecular weight is 677 g/mol. The van der Waals surface area contributed by atoms with Gasteiger partial charge in [0.1, 0.15) is 29.2 Å². The molecule has 0 saturated heterocycles. The largest absolute Gasteiger partial charge is 0.464 e. The molecular weight excluding hydrogens is 632 g/mol. The molecule has 48 heavy (non-hydrogen) atoms. The van der Waals surface area contributed by atoms with Crippen molar-refractivity contribution in [3.8, 4) is 11.5 Å². The first-order chi connectivity index (χ1) is 23.3. The minimum absolute atomic E-state index is 0.0197. The fourth-order valence-electron chi connectivity index (χ4n) is 7.35. The number of halogens is 1. The van der Waals surface area contributed by atoms with Gasteiger partial charge in [-0.15, -0.1) is 0 Å². The summed E-state index contributed by atoms with van der Waals surface area (Å²) in [6.45, 7) is 2.13. The van der Waals surface area contributed by atoms with E-state index < -0.39 is 29.4 Å². The molecule has 1 unspecified atom stereocenters. The highest BCUT2D eigenvalue weighted by atomic mass is 35.5. The molecule has 1 N–H and O–H groups in total. The lowest BCUT2D eigenvalue weighted by Crippen LogP contribution is -2.58. The van der Waals surface area contributed by atoms with Crippen molar-refractivity contribution >= 4 is 35.4 Å². The number of fused-ring (bicyclic) bond motifs is 3. The lowest BCUT2D eigenvalue weighted by molar-refractivity contribution is -0.156. The Hall–Kier alpha value is -3.85. The molecule has 4 atom stereocenters. The van der Waals surface area contributed by atoms with Crippen LogP contribution in [0.2, 0.25) is 5.02 Å². The van der Waals surface area contributed by atoms with E-state index in [9.17, 15) is 19.2 Å². The van der Waals surface area contributed by atoms with Gasteiger partial charge in [0.05, 0.1) is 13.0 Å². The molecule has 256 valence electrons. The zero-order valence-corrected chi connectivity index (χ0v) is 28.3. The Labute approximate surface area is 287 Å². The smallest absolute Gasteiger partial charge is 0.332 e. The van der Waals surface area contributed by atoms with Crippen molar-refractivity contribution in [1.29, 1.82) is 0 Å². The minimum atomic E-state index is -1.17. The van der Waals surface area contributed by atoms with Crippen LogP contribution in [0.4, 0.5) is 0 Å². The third-order valence-electron chi connectivity index (χ3n) is 10.1. The molecule has 2 aliphatic heterocycles. The Bertz CT molecular complexity index is 1550. The average Bonchev–Trinajstić information content (AvgIpc) is 3.51. The summed E-state index contributed by atoms with van der Waals surface area (Å²) < 4.78 is 17.3. The highest BCUT2D eigenvalue weighted by molar-refractivity contribution is 6.30. The number of nitrogens with one attached hydrogen (secondary N) is 1. The van der Waals surface area contributed by atoms with Crippen LogP contribution in [-0.4, -0.2) is 52.9 Å². The van der Waals surface area contributed by atoms with Gasteiger partial charge in [0.25, 0.3) is 0 Å². The molecule has 2 aliphatic carbocycles. The number of carbonyl (C=O) groups is 4. The number of hydrogen-bond acceptors (Lipinski definition) is 7. The van der Waals surface area contributed by atoms with Gasteiger partial charge in [0, 0.05) is 29.8 Å². The molecule has 0 radical (unpaired) electrons. The van der Waals surface area contributed by atoms with Crippen molar-refractivity contribution < 1.29 is 33.4 Å². The number of amides is 2. The van der Waals surface area contributed by atoms with E-state index in [1.807, 2.05) is 30.3 Å². The first kappa shape index (κ1) is 34.0. The number of ether oxygens (including phenoxy) is 3. The van der Waals surface area contributed by atoms with Crippen LogP contribution in [-0.2, 0) is 41.6 Å². The number of esters is 2. The van der Waals surface area contributed by atoms with Crippen LogP contribution in [0.5, 0.6) is 11.5 Å². The number of allylic oxidation sites excluding steroid dienone is 1. The van der Waals surface area contributed by atoms with Crippen molar-refractivity contribution in [2.24, 2.45) is 11.8 Å².